The summed E-state index contributed by atoms with van der Waals surface area (Å²) in [5, 5.41) is 0. The van der Waals surface area contributed by atoms with Gasteiger partial charge in [-0.25, -0.2) is 4.39 Å². The molecule has 0 saturated carbocycles. The molecule has 0 aliphatic rings. The second kappa shape index (κ2) is 9.06. The largest absolute Gasteiger partial charge is 0.330 e. The summed E-state index contributed by atoms with van der Waals surface area (Å²) in [6.45, 7) is 2.69. The summed E-state index contributed by atoms with van der Waals surface area (Å²) >= 11 is 0. The van der Waals surface area contributed by atoms with Gasteiger partial charge in [-0.1, -0.05) is 31.4 Å². The van der Waals surface area contributed by atoms with E-state index in [-0.39, 0.29) is 5.82 Å². The molecule has 0 aliphatic heterocycles. The first-order chi connectivity index (χ1) is 8.72. The smallest absolute Gasteiger partial charge is 0.123 e. The molecule has 0 heterocycles. The number of hydrogen-bond donors (Lipinski definition) is 1. The summed E-state index contributed by atoms with van der Waals surface area (Å²) in [6, 6.07) is 6.84. The molecule has 1 aromatic rings. The maximum atomic E-state index is 13.0. The molecule has 0 spiro atoms. The van der Waals surface area contributed by atoms with Gasteiger partial charge in [-0.15, -0.1) is 0 Å². The number of benzene rings is 1. The third-order valence-corrected chi connectivity index (χ3v) is 3.09. The van der Waals surface area contributed by atoms with E-state index in [1.54, 1.807) is 12.1 Å². The topological polar surface area (TPSA) is 29.3 Å². The van der Waals surface area contributed by atoms with Gasteiger partial charge < -0.3 is 10.6 Å². The van der Waals surface area contributed by atoms with Crippen molar-refractivity contribution in [3.05, 3.63) is 35.6 Å². The Bertz CT molecular complexity index is 328. The second-order valence-corrected chi connectivity index (χ2v) is 4.92. The number of nitrogens with zero attached hydrogens (tertiary/aromatic N) is 1. The van der Waals surface area contributed by atoms with Crippen molar-refractivity contribution in [1.29, 1.82) is 0 Å². The van der Waals surface area contributed by atoms with Gasteiger partial charge in [0.2, 0.25) is 0 Å². The van der Waals surface area contributed by atoms with E-state index in [1.807, 2.05) is 6.07 Å². The van der Waals surface area contributed by atoms with E-state index in [9.17, 15) is 4.39 Å². The zero-order valence-corrected chi connectivity index (χ0v) is 11.4. The quantitative estimate of drug-likeness (QED) is 0.684. The molecular weight excluding hydrogens is 227 g/mol. The molecule has 0 unspecified atom stereocenters. The minimum Gasteiger partial charge on any atom is -0.330 e. The predicted molar refractivity (Wildman–Crippen MR) is 74.9 cm³/mol. The summed E-state index contributed by atoms with van der Waals surface area (Å²) in [5.74, 6) is -0.150. The first kappa shape index (κ1) is 15.1. The molecule has 0 fully saturated rings. The van der Waals surface area contributed by atoms with Crippen LogP contribution in [-0.2, 0) is 6.54 Å². The fourth-order valence-corrected chi connectivity index (χ4v) is 2.08. The van der Waals surface area contributed by atoms with Crippen molar-refractivity contribution < 1.29 is 4.39 Å². The number of nitrogens with two attached hydrogens (primary N) is 1. The Morgan fingerprint density at radius 2 is 1.83 bits per heavy atom. The molecule has 0 aliphatic carbocycles. The van der Waals surface area contributed by atoms with Crippen LogP contribution in [0.1, 0.15) is 37.7 Å². The Morgan fingerprint density at radius 1 is 1.11 bits per heavy atom. The highest BCUT2D eigenvalue weighted by Crippen LogP contribution is 2.08. The summed E-state index contributed by atoms with van der Waals surface area (Å²) in [7, 11) is 2.09. The lowest BCUT2D eigenvalue weighted by Gasteiger charge is -2.16. The third-order valence-electron chi connectivity index (χ3n) is 3.09. The molecule has 3 heteroatoms. The van der Waals surface area contributed by atoms with Gasteiger partial charge >= 0.3 is 0 Å². The van der Waals surface area contributed by atoms with Gasteiger partial charge in [-0.3, -0.25) is 0 Å². The standard InChI is InChI=1S/C15H25FN2/c1-18(11-6-4-2-3-5-10-17)13-14-8-7-9-15(16)12-14/h7-9,12H,2-6,10-11,13,17H2,1H3. The summed E-state index contributed by atoms with van der Waals surface area (Å²) in [5.41, 5.74) is 6.49. The van der Waals surface area contributed by atoms with Crippen LogP contribution in [0.3, 0.4) is 0 Å². The van der Waals surface area contributed by atoms with Crippen LogP contribution in [-0.4, -0.2) is 25.0 Å². The molecule has 102 valence electrons. The minimum atomic E-state index is -0.150. The van der Waals surface area contributed by atoms with Crippen LogP contribution in [0.2, 0.25) is 0 Å². The zero-order valence-electron chi connectivity index (χ0n) is 11.4. The van der Waals surface area contributed by atoms with E-state index in [1.165, 1.54) is 31.7 Å². The Morgan fingerprint density at radius 3 is 2.56 bits per heavy atom. The van der Waals surface area contributed by atoms with Crippen LogP contribution < -0.4 is 5.73 Å². The lowest BCUT2D eigenvalue weighted by Crippen LogP contribution is -2.19. The molecule has 2 nitrogen and oxygen atoms in total. The van der Waals surface area contributed by atoms with Crippen LogP contribution in [0.15, 0.2) is 24.3 Å². The fraction of sp³-hybridized carbons (Fsp3) is 0.600. The normalized spacial score (nSPS) is 11.1. The summed E-state index contributed by atoms with van der Waals surface area (Å²) < 4.78 is 13.0. The summed E-state index contributed by atoms with van der Waals surface area (Å²) in [6.07, 6.45) is 6.11. The molecule has 0 aromatic heterocycles. The Labute approximate surface area is 110 Å². The van der Waals surface area contributed by atoms with Crippen LogP contribution >= 0.6 is 0 Å². The molecule has 18 heavy (non-hydrogen) atoms. The maximum absolute atomic E-state index is 13.0. The maximum Gasteiger partial charge on any atom is 0.123 e. The van der Waals surface area contributed by atoms with E-state index in [0.29, 0.717) is 0 Å². The van der Waals surface area contributed by atoms with Crippen LogP contribution in [0.5, 0.6) is 0 Å². The Hall–Kier alpha value is -0.930. The van der Waals surface area contributed by atoms with E-state index in [2.05, 4.69) is 11.9 Å². The molecule has 0 bridgehead atoms. The number of hydrogen-bond acceptors (Lipinski definition) is 2. The highest BCUT2D eigenvalue weighted by molar-refractivity contribution is 5.15. The van der Waals surface area contributed by atoms with Gasteiger partial charge in [0.1, 0.15) is 5.82 Å². The van der Waals surface area contributed by atoms with Gasteiger partial charge in [-0.2, -0.15) is 0 Å². The first-order valence-corrected chi connectivity index (χ1v) is 6.85. The fourth-order valence-electron chi connectivity index (χ4n) is 2.08. The number of halogens is 1. The van der Waals surface area contributed by atoms with Crippen LogP contribution in [0.4, 0.5) is 4.39 Å². The molecule has 0 atom stereocenters. The van der Waals surface area contributed by atoms with Crippen LogP contribution in [0, 0.1) is 5.82 Å². The predicted octanol–water partition coefficient (Wildman–Crippen LogP) is 3.17. The number of unbranched alkanes of at least 4 members (excludes halogenated alkanes) is 4. The molecular formula is C15H25FN2. The van der Waals surface area contributed by atoms with Crippen molar-refractivity contribution in [2.45, 2.75) is 38.6 Å². The molecule has 1 aromatic carbocycles. The molecule has 1 rings (SSSR count). The van der Waals surface area contributed by atoms with Crippen molar-refractivity contribution in [3.63, 3.8) is 0 Å². The van der Waals surface area contributed by atoms with Crippen molar-refractivity contribution in [2.24, 2.45) is 5.73 Å². The van der Waals surface area contributed by atoms with Crippen molar-refractivity contribution >= 4 is 0 Å². The van der Waals surface area contributed by atoms with Crippen molar-refractivity contribution in [3.8, 4) is 0 Å². The highest BCUT2D eigenvalue weighted by atomic mass is 19.1. The van der Waals surface area contributed by atoms with Gasteiger partial charge in [-0.05, 0) is 50.7 Å². The minimum absolute atomic E-state index is 0.150. The Balaban J connectivity index is 2.12. The SMILES string of the molecule is CN(CCCCCCCN)Cc1cccc(F)c1. The first-order valence-electron chi connectivity index (χ1n) is 6.85. The lowest BCUT2D eigenvalue weighted by molar-refractivity contribution is 0.316. The molecule has 0 amide bonds. The van der Waals surface area contributed by atoms with Crippen molar-refractivity contribution in [1.82, 2.24) is 4.90 Å². The average Bonchev–Trinajstić information content (AvgIpc) is 2.33. The van der Waals surface area contributed by atoms with Crippen molar-refractivity contribution in [2.75, 3.05) is 20.1 Å². The molecule has 2 N–H and O–H groups in total. The summed E-state index contributed by atoms with van der Waals surface area (Å²) in [4.78, 5) is 2.25. The van der Waals surface area contributed by atoms with Gasteiger partial charge in [0.05, 0.1) is 0 Å². The van der Waals surface area contributed by atoms with Gasteiger partial charge in [0, 0.05) is 6.54 Å². The van der Waals surface area contributed by atoms with E-state index in [0.717, 1.165) is 31.6 Å². The van der Waals surface area contributed by atoms with Crippen LogP contribution in [0.25, 0.3) is 0 Å². The van der Waals surface area contributed by atoms with E-state index in [4.69, 9.17) is 5.73 Å². The van der Waals surface area contributed by atoms with Gasteiger partial charge in [0.25, 0.3) is 0 Å². The molecule has 0 saturated heterocycles. The Kier molecular flexibility index (Phi) is 7.62. The zero-order chi connectivity index (χ0) is 13.2. The monoisotopic (exact) mass is 252 g/mol. The lowest BCUT2D eigenvalue weighted by atomic mass is 10.1. The van der Waals surface area contributed by atoms with Gasteiger partial charge in [0.15, 0.2) is 0 Å². The average molecular weight is 252 g/mol. The third kappa shape index (κ3) is 6.72. The number of rotatable bonds is 9. The van der Waals surface area contributed by atoms with E-state index < -0.39 is 0 Å². The molecule has 0 radical (unpaired) electrons. The highest BCUT2D eigenvalue weighted by Gasteiger charge is 2.01. The van der Waals surface area contributed by atoms with E-state index >= 15 is 0 Å². The second-order valence-electron chi connectivity index (χ2n) is 4.92.